The van der Waals surface area contributed by atoms with Crippen LogP contribution in [0.25, 0.3) is 5.52 Å². The van der Waals surface area contributed by atoms with Gasteiger partial charge in [0, 0.05) is 17.9 Å². The van der Waals surface area contributed by atoms with Crippen LogP contribution in [-0.4, -0.2) is 26.7 Å². The van der Waals surface area contributed by atoms with Crippen LogP contribution in [0.5, 0.6) is 5.88 Å². The van der Waals surface area contributed by atoms with Gasteiger partial charge in [-0.15, -0.1) is 0 Å². The van der Waals surface area contributed by atoms with Crippen molar-refractivity contribution in [3.8, 4) is 5.88 Å². The number of aromatic nitrogens is 3. The normalized spacial score (nSPS) is 11.9. The van der Waals surface area contributed by atoms with Gasteiger partial charge in [-0.1, -0.05) is 13.8 Å². The van der Waals surface area contributed by atoms with Crippen LogP contribution in [0.2, 0.25) is 0 Å². The number of rotatable bonds is 5. The summed E-state index contributed by atoms with van der Waals surface area (Å²) in [6.07, 6.45) is 6.94. The Morgan fingerprint density at radius 2 is 2.12 bits per heavy atom. The second-order valence-electron chi connectivity index (χ2n) is 4.25. The zero-order valence-electron chi connectivity index (χ0n) is 10.3. The third-order valence-electron chi connectivity index (χ3n) is 3.19. The Hall–Kier alpha value is -1.62. The highest BCUT2D eigenvalue weighted by molar-refractivity contribution is 5.54. The largest absolute Gasteiger partial charge is 0.474 e. The van der Waals surface area contributed by atoms with E-state index in [4.69, 9.17) is 10.5 Å². The summed E-state index contributed by atoms with van der Waals surface area (Å²) >= 11 is 0. The number of nitrogens with zero attached hydrogens (tertiary/aromatic N) is 3. The molecule has 0 aliphatic heterocycles. The minimum Gasteiger partial charge on any atom is -0.474 e. The first-order chi connectivity index (χ1) is 8.18. The Morgan fingerprint density at radius 1 is 1.35 bits per heavy atom. The molecule has 2 rings (SSSR count). The van der Waals surface area contributed by atoms with Crippen LogP contribution in [0.4, 0.5) is 0 Å². The van der Waals surface area contributed by atoms with Crippen LogP contribution < -0.4 is 10.5 Å². The second-order valence-corrected chi connectivity index (χ2v) is 4.25. The summed E-state index contributed by atoms with van der Waals surface area (Å²) in [5.41, 5.74) is 6.77. The van der Waals surface area contributed by atoms with Crippen LogP contribution >= 0.6 is 0 Å². The van der Waals surface area contributed by atoms with E-state index in [0.29, 0.717) is 12.5 Å². The zero-order chi connectivity index (χ0) is 12.3. The van der Waals surface area contributed by atoms with E-state index in [9.17, 15) is 0 Å². The predicted octanol–water partition coefficient (Wildman–Crippen LogP) is 1.63. The van der Waals surface area contributed by atoms with E-state index in [-0.39, 0.29) is 5.54 Å². The highest BCUT2D eigenvalue weighted by Crippen LogP contribution is 2.18. The number of hydrogen-bond acceptors (Lipinski definition) is 4. The third-order valence-corrected chi connectivity index (χ3v) is 3.19. The molecule has 2 aromatic rings. The highest BCUT2D eigenvalue weighted by atomic mass is 16.5. The van der Waals surface area contributed by atoms with Crippen LogP contribution in [0.15, 0.2) is 24.7 Å². The minimum absolute atomic E-state index is 0.283. The molecule has 0 aromatic carbocycles. The van der Waals surface area contributed by atoms with E-state index >= 15 is 0 Å². The Kier molecular flexibility index (Phi) is 3.28. The second kappa shape index (κ2) is 4.71. The molecule has 0 atom stereocenters. The molecule has 5 heteroatoms. The summed E-state index contributed by atoms with van der Waals surface area (Å²) in [5, 5.41) is 4.13. The van der Waals surface area contributed by atoms with Crippen LogP contribution in [-0.2, 0) is 0 Å². The van der Waals surface area contributed by atoms with Crippen molar-refractivity contribution in [1.82, 2.24) is 14.6 Å². The summed E-state index contributed by atoms with van der Waals surface area (Å²) in [7, 11) is 0. The van der Waals surface area contributed by atoms with E-state index in [0.717, 1.165) is 18.4 Å². The maximum absolute atomic E-state index is 6.19. The van der Waals surface area contributed by atoms with Gasteiger partial charge in [0.25, 0.3) is 0 Å². The van der Waals surface area contributed by atoms with Crippen molar-refractivity contribution in [1.29, 1.82) is 0 Å². The Morgan fingerprint density at radius 3 is 2.82 bits per heavy atom. The summed E-state index contributed by atoms with van der Waals surface area (Å²) in [4.78, 5) is 4.21. The SMILES string of the molecule is CCC(N)(CC)COc1nccn2nccc12. The van der Waals surface area contributed by atoms with Crippen molar-refractivity contribution >= 4 is 5.52 Å². The van der Waals surface area contributed by atoms with Crippen molar-refractivity contribution in [2.75, 3.05) is 6.61 Å². The molecular formula is C12H18N4O. The molecule has 0 bridgehead atoms. The average Bonchev–Trinajstić information content (AvgIpc) is 2.84. The van der Waals surface area contributed by atoms with Crippen molar-refractivity contribution in [2.45, 2.75) is 32.2 Å². The van der Waals surface area contributed by atoms with Crippen molar-refractivity contribution in [2.24, 2.45) is 5.73 Å². The molecule has 92 valence electrons. The molecule has 0 amide bonds. The molecule has 5 nitrogen and oxygen atoms in total. The molecule has 0 aliphatic carbocycles. The van der Waals surface area contributed by atoms with E-state index < -0.39 is 0 Å². The summed E-state index contributed by atoms with van der Waals surface area (Å²) in [5.74, 6) is 0.585. The molecule has 0 spiro atoms. The van der Waals surface area contributed by atoms with E-state index in [2.05, 4.69) is 23.9 Å². The highest BCUT2D eigenvalue weighted by Gasteiger charge is 2.21. The fourth-order valence-electron chi connectivity index (χ4n) is 1.61. The van der Waals surface area contributed by atoms with E-state index in [1.165, 1.54) is 0 Å². The zero-order valence-corrected chi connectivity index (χ0v) is 10.3. The minimum atomic E-state index is -0.283. The standard InChI is InChI=1S/C12H18N4O/c1-3-12(13,4-2)9-17-11-10-5-6-15-16(10)8-7-14-11/h5-8H,3-4,9,13H2,1-2H3. The molecule has 0 unspecified atom stereocenters. The number of nitrogens with two attached hydrogens (primary N) is 1. The molecule has 0 aliphatic rings. The van der Waals surface area contributed by atoms with Gasteiger partial charge in [0.2, 0.25) is 5.88 Å². The molecule has 0 saturated carbocycles. The van der Waals surface area contributed by atoms with Gasteiger partial charge in [-0.2, -0.15) is 5.10 Å². The number of hydrogen-bond donors (Lipinski definition) is 1. The lowest BCUT2D eigenvalue weighted by molar-refractivity contribution is 0.202. The lowest BCUT2D eigenvalue weighted by Crippen LogP contribution is -2.44. The number of fused-ring (bicyclic) bond motifs is 1. The van der Waals surface area contributed by atoms with Crippen LogP contribution in [0.1, 0.15) is 26.7 Å². The first kappa shape index (κ1) is 11.9. The quantitative estimate of drug-likeness (QED) is 0.853. The topological polar surface area (TPSA) is 65.4 Å². The summed E-state index contributed by atoms with van der Waals surface area (Å²) in [6, 6.07) is 1.87. The maximum atomic E-state index is 6.19. The Balaban J connectivity index is 2.16. The van der Waals surface area contributed by atoms with Gasteiger partial charge in [-0.25, -0.2) is 9.50 Å². The van der Waals surface area contributed by atoms with Crippen LogP contribution in [0, 0.1) is 0 Å². The maximum Gasteiger partial charge on any atom is 0.240 e. The van der Waals surface area contributed by atoms with Gasteiger partial charge >= 0.3 is 0 Å². The molecule has 17 heavy (non-hydrogen) atoms. The molecule has 0 saturated heterocycles. The van der Waals surface area contributed by atoms with Crippen molar-refractivity contribution in [3.63, 3.8) is 0 Å². The average molecular weight is 234 g/mol. The van der Waals surface area contributed by atoms with Gasteiger partial charge in [0.15, 0.2) is 0 Å². The van der Waals surface area contributed by atoms with Gasteiger partial charge in [-0.05, 0) is 18.9 Å². The Labute approximate surface area is 101 Å². The molecule has 0 radical (unpaired) electrons. The lowest BCUT2D eigenvalue weighted by atomic mass is 9.96. The summed E-state index contributed by atoms with van der Waals surface area (Å²) < 4.78 is 7.46. The Bertz CT molecular complexity index is 490. The molecular weight excluding hydrogens is 216 g/mol. The first-order valence-corrected chi connectivity index (χ1v) is 5.88. The predicted molar refractivity (Wildman–Crippen MR) is 66.0 cm³/mol. The molecule has 2 N–H and O–H groups in total. The fourth-order valence-corrected chi connectivity index (χ4v) is 1.61. The molecule has 0 fully saturated rings. The number of ether oxygens (including phenoxy) is 1. The molecule has 2 heterocycles. The third kappa shape index (κ3) is 2.39. The fraction of sp³-hybridized carbons (Fsp3) is 0.500. The van der Waals surface area contributed by atoms with Gasteiger partial charge in [-0.3, -0.25) is 0 Å². The smallest absolute Gasteiger partial charge is 0.240 e. The first-order valence-electron chi connectivity index (χ1n) is 5.88. The van der Waals surface area contributed by atoms with Gasteiger partial charge < -0.3 is 10.5 Å². The van der Waals surface area contributed by atoms with Crippen LogP contribution in [0.3, 0.4) is 0 Å². The lowest BCUT2D eigenvalue weighted by Gasteiger charge is -2.26. The van der Waals surface area contributed by atoms with Gasteiger partial charge in [0.1, 0.15) is 12.1 Å². The summed E-state index contributed by atoms with van der Waals surface area (Å²) in [6.45, 7) is 4.61. The van der Waals surface area contributed by atoms with Gasteiger partial charge in [0.05, 0.1) is 6.20 Å². The molecule has 2 aromatic heterocycles. The van der Waals surface area contributed by atoms with E-state index in [1.807, 2.05) is 6.07 Å². The van der Waals surface area contributed by atoms with Crippen molar-refractivity contribution < 1.29 is 4.74 Å². The monoisotopic (exact) mass is 234 g/mol. The van der Waals surface area contributed by atoms with Crippen molar-refractivity contribution in [3.05, 3.63) is 24.7 Å². The van der Waals surface area contributed by atoms with E-state index in [1.54, 1.807) is 23.1 Å².